The van der Waals surface area contributed by atoms with E-state index in [9.17, 15) is 31.1 Å². The second-order valence-corrected chi connectivity index (χ2v) is 8.51. The lowest BCUT2D eigenvalue weighted by molar-refractivity contribution is -0.193. The number of ether oxygens (including phenoxy) is 2. The Bertz CT molecular complexity index is 1100. The highest BCUT2D eigenvalue weighted by atomic mass is 19.4. The van der Waals surface area contributed by atoms with Crippen LogP contribution in [0, 0.1) is 0 Å². The maximum absolute atomic E-state index is 12.4. The number of aliphatic carboxylic acids is 2. The van der Waals surface area contributed by atoms with Gasteiger partial charge in [0.1, 0.15) is 12.2 Å². The van der Waals surface area contributed by atoms with Crippen LogP contribution >= 0.6 is 0 Å². The van der Waals surface area contributed by atoms with Gasteiger partial charge in [-0.1, -0.05) is 18.2 Å². The summed E-state index contributed by atoms with van der Waals surface area (Å²) in [5.41, 5.74) is 1.61. The van der Waals surface area contributed by atoms with E-state index in [0.717, 1.165) is 25.3 Å². The topological polar surface area (TPSA) is 130 Å². The molecule has 3 heterocycles. The number of alkyl halides is 6. The molecule has 4 rings (SSSR count). The highest BCUT2D eigenvalue weighted by Gasteiger charge is 2.43. The molecule has 220 valence electrons. The van der Waals surface area contributed by atoms with Gasteiger partial charge in [-0.05, 0) is 29.8 Å². The van der Waals surface area contributed by atoms with Crippen molar-refractivity contribution in [2.45, 2.75) is 24.5 Å². The van der Waals surface area contributed by atoms with E-state index in [2.05, 4.69) is 9.88 Å². The van der Waals surface area contributed by atoms with Crippen molar-refractivity contribution >= 4 is 23.5 Å². The second-order valence-electron chi connectivity index (χ2n) is 8.51. The average molecular weight is 581 g/mol. The number of nitrogens with zero attached hydrogens (tertiary/aromatic N) is 3. The van der Waals surface area contributed by atoms with Crippen LogP contribution < -0.4 is 4.90 Å². The number of pyridine rings is 1. The van der Waals surface area contributed by atoms with Crippen molar-refractivity contribution in [1.82, 2.24) is 9.88 Å². The van der Waals surface area contributed by atoms with Gasteiger partial charge in [0.25, 0.3) is 5.91 Å². The highest BCUT2D eigenvalue weighted by molar-refractivity contribution is 5.95. The molecule has 1 atom stereocenters. The molecule has 10 nitrogen and oxygen atoms in total. The summed E-state index contributed by atoms with van der Waals surface area (Å²) in [4.78, 5) is 38.4. The summed E-state index contributed by atoms with van der Waals surface area (Å²) < 4.78 is 75.4. The Balaban J connectivity index is 0.000000333. The number of hydrogen-bond donors (Lipinski definition) is 2. The van der Waals surface area contributed by atoms with Gasteiger partial charge >= 0.3 is 24.3 Å². The van der Waals surface area contributed by atoms with E-state index in [1.807, 2.05) is 59.8 Å². The van der Waals surface area contributed by atoms with Crippen LogP contribution in [0.1, 0.15) is 5.56 Å². The molecule has 2 aliphatic rings. The Labute approximate surface area is 223 Å². The third-order valence-electron chi connectivity index (χ3n) is 5.39. The predicted molar refractivity (Wildman–Crippen MR) is 125 cm³/mol. The number of carbonyl (C=O) groups excluding carboxylic acids is 1. The van der Waals surface area contributed by atoms with Gasteiger partial charge < -0.3 is 24.6 Å². The van der Waals surface area contributed by atoms with E-state index in [4.69, 9.17) is 29.3 Å². The van der Waals surface area contributed by atoms with E-state index in [0.29, 0.717) is 19.8 Å². The molecular weight excluding hydrogens is 556 g/mol. The van der Waals surface area contributed by atoms with Crippen molar-refractivity contribution in [3.63, 3.8) is 0 Å². The molecule has 2 saturated heterocycles. The normalized spacial score (nSPS) is 19.9. The fourth-order valence-electron chi connectivity index (χ4n) is 3.61. The van der Waals surface area contributed by atoms with Crippen LogP contribution in [0.3, 0.4) is 0 Å². The van der Waals surface area contributed by atoms with Gasteiger partial charge in [0.15, 0.2) is 0 Å². The lowest BCUT2D eigenvalue weighted by atomic mass is 10.0. The third-order valence-corrected chi connectivity index (χ3v) is 5.39. The molecule has 40 heavy (non-hydrogen) atoms. The van der Waals surface area contributed by atoms with E-state index >= 15 is 0 Å². The molecule has 1 unspecified atom stereocenters. The molecule has 2 aliphatic heterocycles. The molecule has 1 aromatic carbocycles. The maximum Gasteiger partial charge on any atom is 0.490 e. The van der Waals surface area contributed by atoms with E-state index in [1.54, 1.807) is 0 Å². The number of aromatic nitrogens is 1. The summed E-state index contributed by atoms with van der Waals surface area (Å²) in [5, 5.41) is 14.2. The van der Waals surface area contributed by atoms with Crippen LogP contribution in [0.5, 0.6) is 0 Å². The molecule has 0 aliphatic carbocycles. The predicted octanol–water partition coefficient (Wildman–Crippen LogP) is 2.98. The van der Waals surface area contributed by atoms with E-state index < -0.39 is 29.9 Å². The minimum absolute atomic E-state index is 0.00763. The Morgan fingerprint density at radius 3 is 2.00 bits per heavy atom. The van der Waals surface area contributed by atoms with Crippen molar-refractivity contribution < 1.29 is 60.4 Å². The van der Waals surface area contributed by atoms with Crippen molar-refractivity contribution in [1.29, 1.82) is 0 Å². The van der Waals surface area contributed by atoms with Crippen LogP contribution in [-0.4, -0.2) is 95.4 Å². The summed E-state index contributed by atoms with van der Waals surface area (Å²) in [6.07, 6.45) is -6.54. The Morgan fingerprint density at radius 1 is 0.925 bits per heavy atom. The first-order valence-electron chi connectivity index (χ1n) is 11.4. The van der Waals surface area contributed by atoms with Crippen molar-refractivity contribution in [3.8, 4) is 0 Å². The number of rotatable bonds is 3. The molecule has 1 aromatic heterocycles. The maximum atomic E-state index is 12.4. The summed E-state index contributed by atoms with van der Waals surface area (Å²) in [7, 11) is 0. The SMILES string of the molecule is O=C(O)C(F)(F)F.O=C(O)C(F)(F)F.O=C1COC2(COCCN(Cc3ccncc3)C2)CN1c1ccccc1. The van der Waals surface area contributed by atoms with E-state index in [1.165, 1.54) is 5.56 Å². The minimum atomic E-state index is -5.08. The summed E-state index contributed by atoms with van der Waals surface area (Å²) in [6.45, 7) is 4.13. The third kappa shape index (κ3) is 10.4. The standard InChI is InChI=1S/C20H23N3O3.2C2HF3O2/c24-19-13-26-20(15-23(19)18-4-2-1-3-5-18)14-22(10-11-25-16-20)12-17-6-8-21-9-7-17;2*3-2(4,5)1(6)7/h1-9H,10-16H2;2*(H,6,7). The first-order chi connectivity index (χ1) is 18.6. The monoisotopic (exact) mass is 581 g/mol. The number of benzene rings is 1. The molecule has 0 radical (unpaired) electrons. The van der Waals surface area contributed by atoms with Gasteiger partial charge in [-0.15, -0.1) is 0 Å². The fraction of sp³-hybridized carbons (Fsp3) is 0.417. The molecular formula is C24H25F6N3O7. The Kier molecular flexibility index (Phi) is 11.4. The number of carboxylic acid groups (broad SMARTS) is 2. The number of halogens is 6. The first kappa shape index (κ1) is 32.5. The molecule has 1 spiro atoms. The van der Waals surface area contributed by atoms with Crippen molar-refractivity contribution in [2.75, 3.05) is 44.4 Å². The van der Waals surface area contributed by atoms with Crippen LogP contribution in [0.15, 0.2) is 54.9 Å². The van der Waals surface area contributed by atoms with Gasteiger partial charge in [-0.2, -0.15) is 26.3 Å². The number of morpholine rings is 1. The van der Waals surface area contributed by atoms with Crippen molar-refractivity contribution in [2.24, 2.45) is 0 Å². The lowest BCUT2D eigenvalue weighted by Crippen LogP contribution is -2.60. The second kappa shape index (κ2) is 14.0. The molecule has 16 heteroatoms. The van der Waals surface area contributed by atoms with Gasteiger partial charge in [0.05, 0.1) is 19.8 Å². The van der Waals surface area contributed by atoms with E-state index in [-0.39, 0.29) is 12.5 Å². The van der Waals surface area contributed by atoms with Crippen LogP contribution in [0.2, 0.25) is 0 Å². The Morgan fingerprint density at radius 2 is 1.48 bits per heavy atom. The van der Waals surface area contributed by atoms with Gasteiger partial charge in [0, 0.05) is 37.7 Å². The smallest absolute Gasteiger partial charge is 0.475 e. The zero-order chi connectivity index (χ0) is 30.0. The molecule has 1 amide bonds. The first-order valence-corrected chi connectivity index (χ1v) is 11.4. The number of amides is 1. The molecule has 2 aromatic rings. The number of para-hydroxylation sites is 1. The lowest BCUT2D eigenvalue weighted by Gasteiger charge is -2.43. The largest absolute Gasteiger partial charge is 0.490 e. The van der Waals surface area contributed by atoms with Crippen molar-refractivity contribution in [3.05, 3.63) is 60.4 Å². The molecule has 0 saturated carbocycles. The van der Waals surface area contributed by atoms with Crippen LogP contribution in [0.25, 0.3) is 0 Å². The summed E-state index contributed by atoms with van der Waals surface area (Å²) in [6, 6.07) is 13.8. The molecule has 2 fully saturated rings. The van der Waals surface area contributed by atoms with Crippen LogP contribution in [0.4, 0.5) is 32.0 Å². The van der Waals surface area contributed by atoms with Crippen LogP contribution in [-0.2, 0) is 30.4 Å². The average Bonchev–Trinajstić information content (AvgIpc) is 3.08. The number of anilines is 1. The zero-order valence-corrected chi connectivity index (χ0v) is 20.7. The van der Waals surface area contributed by atoms with Gasteiger partial charge in [-0.25, -0.2) is 9.59 Å². The molecule has 0 bridgehead atoms. The molecule has 2 N–H and O–H groups in total. The minimum Gasteiger partial charge on any atom is -0.475 e. The fourth-order valence-corrected chi connectivity index (χ4v) is 3.61. The number of hydrogen-bond acceptors (Lipinski definition) is 7. The number of carbonyl (C=O) groups is 3. The Hall–Kier alpha value is -3.76. The van der Waals surface area contributed by atoms with Gasteiger partial charge in [-0.3, -0.25) is 14.7 Å². The highest BCUT2D eigenvalue weighted by Crippen LogP contribution is 2.27. The summed E-state index contributed by atoms with van der Waals surface area (Å²) in [5.74, 6) is -5.52. The number of carboxylic acids is 2. The zero-order valence-electron chi connectivity index (χ0n) is 20.7. The summed E-state index contributed by atoms with van der Waals surface area (Å²) >= 11 is 0. The quantitative estimate of drug-likeness (QED) is 0.526. The van der Waals surface area contributed by atoms with Gasteiger partial charge in [0.2, 0.25) is 0 Å².